The Morgan fingerprint density at radius 1 is 1.27 bits per heavy atom. The van der Waals surface area contributed by atoms with Gasteiger partial charge in [-0.3, -0.25) is 24.6 Å². The molecule has 174 valence electrons. The highest BCUT2D eigenvalue weighted by Gasteiger charge is 2.39. The summed E-state index contributed by atoms with van der Waals surface area (Å²) in [5.74, 6) is -0.108. The van der Waals surface area contributed by atoms with E-state index in [4.69, 9.17) is 4.74 Å². The lowest BCUT2D eigenvalue weighted by Gasteiger charge is -2.18. The summed E-state index contributed by atoms with van der Waals surface area (Å²) in [5, 5.41) is 13.6. The third-order valence-corrected chi connectivity index (χ3v) is 6.04. The molecule has 0 spiro atoms. The van der Waals surface area contributed by atoms with Crippen LogP contribution in [0.1, 0.15) is 25.8 Å². The van der Waals surface area contributed by atoms with Crippen LogP contribution >= 0.6 is 11.8 Å². The van der Waals surface area contributed by atoms with E-state index in [1.165, 1.54) is 37.1 Å². The summed E-state index contributed by atoms with van der Waals surface area (Å²) in [6.45, 7) is 6.50. The van der Waals surface area contributed by atoms with E-state index in [2.05, 4.69) is 10.3 Å². The number of nitrogens with one attached hydrogen (secondary N) is 1. The molecule has 1 aliphatic heterocycles. The SMILES string of the molecule is COc1ccc([N+](=O)[O-])cc1NC(=O)CC1SC(=Nc2ccc(C)cc2)N(CC(C)C)C1=O. The van der Waals surface area contributed by atoms with Gasteiger partial charge in [-0.2, -0.15) is 0 Å². The lowest BCUT2D eigenvalue weighted by Crippen LogP contribution is -2.36. The summed E-state index contributed by atoms with van der Waals surface area (Å²) in [6, 6.07) is 11.6. The van der Waals surface area contributed by atoms with Crippen molar-refractivity contribution in [2.45, 2.75) is 32.4 Å². The van der Waals surface area contributed by atoms with Crippen LogP contribution in [0.3, 0.4) is 0 Å². The Balaban J connectivity index is 1.78. The second-order valence-electron chi connectivity index (χ2n) is 8.07. The number of methoxy groups -OCH3 is 1. The van der Waals surface area contributed by atoms with Crippen molar-refractivity contribution in [1.82, 2.24) is 4.90 Å². The van der Waals surface area contributed by atoms with Gasteiger partial charge >= 0.3 is 0 Å². The van der Waals surface area contributed by atoms with Crippen LogP contribution in [0.4, 0.5) is 17.1 Å². The van der Waals surface area contributed by atoms with Gasteiger partial charge in [0, 0.05) is 25.1 Å². The Kier molecular flexibility index (Phi) is 7.70. The molecule has 0 radical (unpaired) electrons. The average Bonchev–Trinajstić information content (AvgIpc) is 3.03. The molecule has 1 heterocycles. The maximum atomic E-state index is 13.1. The number of carbonyl (C=O) groups excluding carboxylic acids is 2. The molecule has 0 aromatic heterocycles. The molecule has 1 aliphatic rings. The van der Waals surface area contributed by atoms with Crippen LogP contribution in [0.25, 0.3) is 0 Å². The first-order valence-electron chi connectivity index (χ1n) is 10.4. The molecule has 0 bridgehead atoms. The van der Waals surface area contributed by atoms with Crippen molar-refractivity contribution in [3.05, 3.63) is 58.1 Å². The molecular formula is C23H26N4O5S. The molecule has 2 amide bonds. The highest BCUT2D eigenvalue weighted by Crippen LogP contribution is 2.34. The second-order valence-corrected chi connectivity index (χ2v) is 9.24. The largest absolute Gasteiger partial charge is 0.495 e. The zero-order chi connectivity index (χ0) is 24.1. The van der Waals surface area contributed by atoms with Crippen molar-refractivity contribution in [1.29, 1.82) is 0 Å². The van der Waals surface area contributed by atoms with Crippen molar-refractivity contribution in [2.75, 3.05) is 19.0 Å². The standard InChI is InChI=1S/C23H26N4O5S/c1-14(2)13-26-22(29)20(33-23(26)24-16-7-5-15(3)6-8-16)12-21(28)25-18-11-17(27(30)31)9-10-19(18)32-4/h5-11,14,20H,12-13H2,1-4H3,(H,25,28). The van der Waals surface area contributed by atoms with Gasteiger partial charge in [0.1, 0.15) is 11.0 Å². The lowest BCUT2D eigenvalue weighted by molar-refractivity contribution is -0.384. The first kappa shape index (κ1) is 24.2. The van der Waals surface area contributed by atoms with E-state index in [1.807, 2.05) is 45.0 Å². The van der Waals surface area contributed by atoms with E-state index >= 15 is 0 Å². The van der Waals surface area contributed by atoms with Crippen LogP contribution in [-0.2, 0) is 9.59 Å². The van der Waals surface area contributed by atoms with Crippen LogP contribution in [0.2, 0.25) is 0 Å². The number of nitro benzene ring substituents is 1. The molecule has 0 aliphatic carbocycles. The fraction of sp³-hybridized carbons (Fsp3) is 0.348. The second kappa shape index (κ2) is 10.5. The highest BCUT2D eigenvalue weighted by atomic mass is 32.2. The number of aryl methyl sites for hydroxylation is 1. The highest BCUT2D eigenvalue weighted by molar-refractivity contribution is 8.15. The Morgan fingerprint density at radius 3 is 2.58 bits per heavy atom. The van der Waals surface area contributed by atoms with Crippen molar-refractivity contribution >= 4 is 45.8 Å². The van der Waals surface area contributed by atoms with E-state index in [-0.39, 0.29) is 29.6 Å². The van der Waals surface area contributed by atoms with Crippen LogP contribution in [0.5, 0.6) is 5.75 Å². The number of hydrogen-bond acceptors (Lipinski definition) is 7. The lowest BCUT2D eigenvalue weighted by atomic mass is 10.2. The van der Waals surface area contributed by atoms with E-state index in [0.29, 0.717) is 17.5 Å². The molecule has 1 unspecified atom stereocenters. The van der Waals surface area contributed by atoms with E-state index in [9.17, 15) is 19.7 Å². The van der Waals surface area contributed by atoms with Gasteiger partial charge in [-0.25, -0.2) is 4.99 Å². The predicted octanol–water partition coefficient (Wildman–Crippen LogP) is 4.53. The molecule has 1 fully saturated rings. The number of amidine groups is 1. The number of anilines is 1. The first-order valence-corrected chi connectivity index (χ1v) is 11.3. The molecule has 33 heavy (non-hydrogen) atoms. The Morgan fingerprint density at radius 2 is 1.97 bits per heavy atom. The van der Waals surface area contributed by atoms with Gasteiger partial charge in [0.25, 0.3) is 5.69 Å². The number of aliphatic imine (C=N–C) groups is 1. The molecular weight excluding hydrogens is 444 g/mol. The molecule has 2 aromatic carbocycles. The molecule has 1 N–H and O–H groups in total. The average molecular weight is 471 g/mol. The number of ether oxygens (including phenoxy) is 1. The summed E-state index contributed by atoms with van der Waals surface area (Å²) in [5.41, 5.74) is 1.85. The predicted molar refractivity (Wildman–Crippen MR) is 129 cm³/mol. The molecule has 0 saturated carbocycles. The minimum Gasteiger partial charge on any atom is -0.495 e. The molecule has 1 atom stereocenters. The molecule has 10 heteroatoms. The number of nitro groups is 1. The van der Waals surface area contributed by atoms with Gasteiger partial charge in [-0.15, -0.1) is 0 Å². The Hall–Kier alpha value is -3.40. The maximum Gasteiger partial charge on any atom is 0.271 e. The normalized spacial score (nSPS) is 17.0. The summed E-state index contributed by atoms with van der Waals surface area (Å²) in [7, 11) is 1.41. The summed E-state index contributed by atoms with van der Waals surface area (Å²) >= 11 is 1.25. The first-order chi connectivity index (χ1) is 15.7. The molecule has 9 nitrogen and oxygen atoms in total. The molecule has 1 saturated heterocycles. The topological polar surface area (TPSA) is 114 Å². The quantitative estimate of drug-likeness (QED) is 0.448. The van der Waals surface area contributed by atoms with Gasteiger partial charge in [0.15, 0.2) is 5.17 Å². The minimum atomic E-state index is -0.641. The number of thioether (sulfide) groups is 1. The van der Waals surface area contributed by atoms with Crippen LogP contribution in [0, 0.1) is 23.0 Å². The third-order valence-electron chi connectivity index (χ3n) is 4.87. The van der Waals surface area contributed by atoms with E-state index in [1.54, 1.807) is 4.90 Å². The Bertz CT molecular complexity index is 1080. The summed E-state index contributed by atoms with van der Waals surface area (Å²) in [4.78, 5) is 42.6. The van der Waals surface area contributed by atoms with Gasteiger partial charge in [0.2, 0.25) is 11.8 Å². The van der Waals surface area contributed by atoms with E-state index < -0.39 is 16.1 Å². The Labute approximate surface area is 196 Å². The zero-order valence-electron chi connectivity index (χ0n) is 18.9. The number of non-ortho nitro benzene ring substituents is 1. The van der Waals surface area contributed by atoms with Gasteiger partial charge in [0.05, 0.1) is 23.4 Å². The molecule has 2 aromatic rings. The number of benzene rings is 2. The summed E-state index contributed by atoms with van der Waals surface area (Å²) < 4.78 is 5.19. The summed E-state index contributed by atoms with van der Waals surface area (Å²) in [6.07, 6.45) is -0.100. The smallest absolute Gasteiger partial charge is 0.271 e. The van der Waals surface area contributed by atoms with E-state index in [0.717, 1.165) is 11.3 Å². The fourth-order valence-electron chi connectivity index (χ4n) is 3.26. The number of hydrogen-bond donors (Lipinski definition) is 1. The molecule has 3 rings (SSSR count). The van der Waals surface area contributed by atoms with Crippen molar-refractivity contribution in [2.24, 2.45) is 10.9 Å². The number of carbonyl (C=O) groups is 2. The van der Waals surface area contributed by atoms with Crippen LogP contribution < -0.4 is 10.1 Å². The minimum absolute atomic E-state index is 0.100. The monoisotopic (exact) mass is 470 g/mol. The van der Waals surface area contributed by atoms with Gasteiger partial charge in [-0.05, 0) is 31.0 Å². The van der Waals surface area contributed by atoms with Crippen molar-refractivity contribution in [3.63, 3.8) is 0 Å². The maximum absolute atomic E-state index is 13.1. The van der Waals surface area contributed by atoms with Crippen molar-refractivity contribution in [3.8, 4) is 5.75 Å². The third kappa shape index (κ3) is 6.10. The van der Waals surface area contributed by atoms with Crippen LogP contribution in [-0.4, -0.2) is 45.7 Å². The number of nitrogens with zero attached hydrogens (tertiary/aromatic N) is 3. The number of amides is 2. The van der Waals surface area contributed by atoms with Gasteiger partial charge < -0.3 is 10.1 Å². The van der Waals surface area contributed by atoms with Gasteiger partial charge in [-0.1, -0.05) is 43.3 Å². The van der Waals surface area contributed by atoms with Crippen LogP contribution in [0.15, 0.2) is 47.5 Å². The fourth-order valence-corrected chi connectivity index (χ4v) is 4.43. The van der Waals surface area contributed by atoms with Crippen molar-refractivity contribution < 1.29 is 19.2 Å². The number of rotatable bonds is 8. The zero-order valence-corrected chi connectivity index (χ0v) is 19.7.